The van der Waals surface area contributed by atoms with Gasteiger partial charge in [-0.15, -0.1) is 0 Å². The normalized spacial score (nSPS) is 11.9. The summed E-state index contributed by atoms with van der Waals surface area (Å²) in [5, 5.41) is 19.7. The number of hydrogen-bond donors (Lipinski definition) is 1. The van der Waals surface area contributed by atoms with Crippen molar-refractivity contribution in [1.29, 1.82) is 0 Å². The average Bonchev–Trinajstić information content (AvgIpc) is 2.25. The highest BCUT2D eigenvalue weighted by Gasteiger charge is 2.06. The van der Waals surface area contributed by atoms with Gasteiger partial charge in [0, 0.05) is 12.1 Å². The molecular formula is C12H15NO3. The van der Waals surface area contributed by atoms with E-state index in [0.29, 0.717) is 0 Å². The third-order valence-electron chi connectivity index (χ3n) is 2.36. The van der Waals surface area contributed by atoms with Gasteiger partial charge in [0.2, 0.25) is 0 Å². The molecule has 0 aliphatic heterocycles. The Labute approximate surface area is 94.4 Å². The molecule has 0 saturated carbocycles. The van der Waals surface area contributed by atoms with E-state index in [4.69, 9.17) is 5.11 Å². The quantitative estimate of drug-likeness (QED) is 0.628. The molecule has 1 N–H and O–H groups in total. The van der Waals surface area contributed by atoms with Crippen LogP contribution in [0.5, 0.6) is 0 Å². The number of nitrogens with zero attached hydrogens (tertiary/aromatic N) is 1. The lowest BCUT2D eigenvalue weighted by Crippen LogP contribution is -1.99. The Balaban J connectivity index is 3.05. The number of non-ortho nitro benzene ring substituents is 1. The molecule has 0 atom stereocenters. The van der Waals surface area contributed by atoms with Crippen LogP contribution in [-0.4, -0.2) is 16.6 Å². The maximum absolute atomic E-state index is 10.6. The minimum Gasteiger partial charge on any atom is -0.392 e. The predicted octanol–water partition coefficient (Wildman–Crippen LogP) is 2.63. The fourth-order valence-electron chi connectivity index (χ4n) is 1.34. The molecule has 86 valence electrons. The van der Waals surface area contributed by atoms with Gasteiger partial charge in [0.1, 0.15) is 0 Å². The van der Waals surface area contributed by atoms with Gasteiger partial charge in [-0.3, -0.25) is 10.1 Å². The molecule has 4 nitrogen and oxygen atoms in total. The summed E-state index contributed by atoms with van der Waals surface area (Å²) in [5.41, 5.74) is 1.67. The van der Waals surface area contributed by atoms with Crippen LogP contribution in [0.3, 0.4) is 0 Å². The standard InChI is InChI=1S/C12H15NO3/c1-9(2)11(8-14)6-10-4-3-5-12(7-10)13(15)16/h3-7,9,14H,8H2,1-2H3. The van der Waals surface area contributed by atoms with E-state index < -0.39 is 4.92 Å². The van der Waals surface area contributed by atoms with Gasteiger partial charge in [-0.05, 0) is 17.1 Å². The summed E-state index contributed by atoms with van der Waals surface area (Å²) in [6.07, 6.45) is 1.79. The van der Waals surface area contributed by atoms with Crippen LogP contribution in [-0.2, 0) is 0 Å². The molecule has 0 fully saturated rings. The fraction of sp³-hybridized carbons (Fsp3) is 0.333. The van der Waals surface area contributed by atoms with Gasteiger partial charge in [0.25, 0.3) is 5.69 Å². The summed E-state index contributed by atoms with van der Waals surface area (Å²) in [5.74, 6) is 0.226. The largest absolute Gasteiger partial charge is 0.392 e. The Hall–Kier alpha value is -1.68. The van der Waals surface area contributed by atoms with Gasteiger partial charge >= 0.3 is 0 Å². The van der Waals surface area contributed by atoms with E-state index in [1.807, 2.05) is 13.8 Å². The first kappa shape index (κ1) is 12.4. The number of nitro benzene ring substituents is 1. The highest BCUT2D eigenvalue weighted by Crippen LogP contribution is 2.18. The van der Waals surface area contributed by atoms with Crippen LogP contribution in [0.4, 0.5) is 5.69 Å². The lowest BCUT2D eigenvalue weighted by Gasteiger charge is -2.07. The second-order valence-corrected chi connectivity index (χ2v) is 3.88. The van der Waals surface area contributed by atoms with Gasteiger partial charge in [-0.2, -0.15) is 0 Å². The maximum Gasteiger partial charge on any atom is 0.270 e. The van der Waals surface area contributed by atoms with Crippen LogP contribution in [0.25, 0.3) is 6.08 Å². The lowest BCUT2D eigenvalue weighted by atomic mass is 10.0. The van der Waals surface area contributed by atoms with Crippen LogP contribution in [0.2, 0.25) is 0 Å². The van der Waals surface area contributed by atoms with Crippen molar-refractivity contribution in [1.82, 2.24) is 0 Å². The first-order valence-electron chi connectivity index (χ1n) is 5.10. The Morgan fingerprint density at radius 3 is 2.75 bits per heavy atom. The minimum absolute atomic E-state index is 0.0274. The summed E-state index contributed by atoms with van der Waals surface area (Å²) in [6, 6.07) is 6.37. The van der Waals surface area contributed by atoms with Crippen molar-refractivity contribution in [2.45, 2.75) is 13.8 Å². The molecule has 0 spiro atoms. The van der Waals surface area contributed by atoms with Gasteiger partial charge in [-0.25, -0.2) is 0 Å². The summed E-state index contributed by atoms with van der Waals surface area (Å²) < 4.78 is 0. The van der Waals surface area contributed by atoms with E-state index in [1.165, 1.54) is 12.1 Å². The lowest BCUT2D eigenvalue weighted by molar-refractivity contribution is -0.384. The Morgan fingerprint density at radius 1 is 1.56 bits per heavy atom. The summed E-state index contributed by atoms with van der Waals surface area (Å²) in [4.78, 5) is 10.2. The van der Waals surface area contributed by atoms with Crippen molar-refractivity contribution in [2.75, 3.05) is 6.61 Å². The molecule has 0 saturated heterocycles. The molecule has 0 radical (unpaired) electrons. The second-order valence-electron chi connectivity index (χ2n) is 3.88. The molecule has 0 aromatic heterocycles. The van der Waals surface area contributed by atoms with Gasteiger partial charge in [-0.1, -0.05) is 32.1 Å². The number of benzene rings is 1. The van der Waals surface area contributed by atoms with Crippen molar-refractivity contribution in [3.8, 4) is 0 Å². The van der Waals surface area contributed by atoms with E-state index in [9.17, 15) is 10.1 Å². The van der Waals surface area contributed by atoms with E-state index in [-0.39, 0.29) is 18.2 Å². The first-order valence-corrected chi connectivity index (χ1v) is 5.10. The van der Waals surface area contributed by atoms with E-state index in [2.05, 4.69) is 0 Å². The Bertz CT molecular complexity index is 410. The fourth-order valence-corrected chi connectivity index (χ4v) is 1.34. The molecule has 1 rings (SSSR count). The summed E-state index contributed by atoms with van der Waals surface area (Å²) >= 11 is 0. The molecule has 1 aromatic carbocycles. The van der Waals surface area contributed by atoms with E-state index in [1.54, 1.807) is 18.2 Å². The molecule has 0 bridgehead atoms. The highest BCUT2D eigenvalue weighted by molar-refractivity contribution is 5.56. The summed E-state index contributed by atoms with van der Waals surface area (Å²) in [6.45, 7) is 3.92. The maximum atomic E-state index is 10.6. The second kappa shape index (κ2) is 5.42. The molecule has 0 aliphatic carbocycles. The van der Waals surface area contributed by atoms with Crippen LogP contribution >= 0.6 is 0 Å². The topological polar surface area (TPSA) is 63.4 Å². The van der Waals surface area contributed by atoms with Crippen molar-refractivity contribution < 1.29 is 10.0 Å². The monoisotopic (exact) mass is 221 g/mol. The van der Waals surface area contributed by atoms with Crippen molar-refractivity contribution in [3.63, 3.8) is 0 Å². The minimum atomic E-state index is -0.425. The number of rotatable bonds is 4. The van der Waals surface area contributed by atoms with E-state index >= 15 is 0 Å². The molecule has 4 heteroatoms. The molecule has 1 aromatic rings. The number of hydrogen-bond acceptors (Lipinski definition) is 3. The van der Waals surface area contributed by atoms with Crippen molar-refractivity contribution >= 4 is 11.8 Å². The zero-order chi connectivity index (χ0) is 12.1. The Morgan fingerprint density at radius 2 is 2.25 bits per heavy atom. The first-order chi connectivity index (χ1) is 7.54. The third-order valence-corrected chi connectivity index (χ3v) is 2.36. The van der Waals surface area contributed by atoms with Gasteiger partial charge in [0.15, 0.2) is 0 Å². The molecule has 0 heterocycles. The summed E-state index contributed by atoms with van der Waals surface area (Å²) in [7, 11) is 0. The smallest absolute Gasteiger partial charge is 0.270 e. The van der Waals surface area contributed by atoms with Crippen LogP contribution in [0.15, 0.2) is 29.8 Å². The third kappa shape index (κ3) is 3.17. The van der Waals surface area contributed by atoms with Crippen molar-refractivity contribution in [3.05, 3.63) is 45.5 Å². The average molecular weight is 221 g/mol. The SMILES string of the molecule is CC(C)C(=Cc1cccc([N+](=O)[O-])c1)CO. The molecular weight excluding hydrogens is 206 g/mol. The van der Waals surface area contributed by atoms with Crippen molar-refractivity contribution in [2.24, 2.45) is 5.92 Å². The van der Waals surface area contributed by atoms with E-state index in [0.717, 1.165) is 11.1 Å². The number of aliphatic hydroxyl groups is 1. The Kier molecular flexibility index (Phi) is 4.19. The van der Waals surface area contributed by atoms with Gasteiger partial charge in [0.05, 0.1) is 11.5 Å². The predicted molar refractivity (Wildman–Crippen MR) is 63.0 cm³/mol. The van der Waals surface area contributed by atoms with Crippen LogP contribution in [0.1, 0.15) is 19.4 Å². The molecule has 0 unspecified atom stereocenters. The van der Waals surface area contributed by atoms with Gasteiger partial charge < -0.3 is 5.11 Å². The molecule has 16 heavy (non-hydrogen) atoms. The molecule has 0 amide bonds. The van der Waals surface area contributed by atoms with Crippen LogP contribution in [0, 0.1) is 16.0 Å². The number of nitro groups is 1. The number of aliphatic hydroxyl groups excluding tert-OH is 1. The zero-order valence-corrected chi connectivity index (χ0v) is 9.38. The zero-order valence-electron chi connectivity index (χ0n) is 9.38. The van der Waals surface area contributed by atoms with Crippen LogP contribution < -0.4 is 0 Å². The molecule has 0 aliphatic rings. The highest BCUT2D eigenvalue weighted by atomic mass is 16.6.